The Morgan fingerprint density at radius 2 is 1.55 bits per heavy atom. The third-order valence-electron chi connectivity index (χ3n) is 5.56. The second kappa shape index (κ2) is 6.25. The van der Waals surface area contributed by atoms with Crippen molar-refractivity contribution in [1.29, 1.82) is 0 Å². The van der Waals surface area contributed by atoms with Crippen molar-refractivity contribution in [2.45, 2.75) is 6.92 Å². The molecule has 1 nitrogen and oxygen atoms in total. The summed E-state index contributed by atoms with van der Waals surface area (Å²) in [5, 5.41) is 6.31. The summed E-state index contributed by atoms with van der Waals surface area (Å²) in [4.78, 5) is 4.71. The van der Waals surface area contributed by atoms with Crippen molar-refractivity contribution in [2.75, 3.05) is 0 Å². The maximum atomic E-state index is 13.6. The average molecular weight is 440 g/mol. The molecule has 0 unspecified atom stereocenters. The molecule has 0 radical (unpaired) electrons. The first kappa shape index (κ1) is 16.9. The fourth-order valence-corrected chi connectivity index (χ4v) is 6.57. The monoisotopic (exact) mass is 441 g/mol. The van der Waals surface area contributed by atoms with Crippen molar-refractivity contribution in [3.63, 3.8) is 0 Å². The van der Waals surface area contributed by atoms with Crippen LogP contribution in [0.3, 0.4) is 0 Å². The molecule has 0 atom stereocenters. The number of halogens is 1. The van der Waals surface area contributed by atoms with Gasteiger partial charge in [0.25, 0.3) is 0 Å². The van der Waals surface area contributed by atoms with E-state index in [9.17, 15) is 4.39 Å². The first-order chi connectivity index (χ1) is 14.2. The van der Waals surface area contributed by atoms with Crippen LogP contribution in [0.2, 0.25) is 0 Å². The summed E-state index contributed by atoms with van der Waals surface area (Å²) in [6.45, 7) is 2.14. The zero-order valence-electron chi connectivity index (χ0n) is 15.7. The molecule has 0 saturated carbocycles. The van der Waals surface area contributed by atoms with Crippen LogP contribution in [0.4, 0.5) is 4.39 Å². The van der Waals surface area contributed by atoms with E-state index in [1.165, 1.54) is 47.8 Å². The molecule has 6 rings (SSSR count). The Hall–Kier alpha value is -3.00. The summed E-state index contributed by atoms with van der Waals surface area (Å²) in [6.07, 6.45) is 0. The zero-order chi connectivity index (χ0) is 19.5. The molecule has 0 N–H and O–H groups in total. The quantitative estimate of drug-likeness (QED) is 0.255. The van der Waals surface area contributed by atoms with Gasteiger partial charge in [-0.1, -0.05) is 0 Å². The Balaban J connectivity index is 1.58. The van der Waals surface area contributed by atoms with Crippen molar-refractivity contribution in [2.24, 2.45) is 0 Å². The van der Waals surface area contributed by atoms with Crippen LogP contribution in [0.15, 0.2) is 78.9 Å². The summed E-state index contributed by atoms with van der Waals surface area (Å²) in [6, 6.07) is 26.7. The molecule has 0 saturated heterocycles. The third kappa shape index (κ3) is 2.70. The van der Waals surface area contributed by atoms with Crippen molar-refractivity contribution < 1.29 is 4.39 Å². The molecule has 3 heteroatoms. The van der Waals surface area contributed by atoms with Crippen LogP contribution >= 0.6 is 0 Å². The average Bonchev–Trinajstić information content (AvgIpc) is 3.11. The summed E-state index contributed by atoms with van der Waals surface area (Å²) >= 11 is 0.280. The predicted octanol–water partition coefficient (Wildman–Crippen LogP) is 6.87. The van der Waals surface area contributed by atoms with Crippen LogP contribution in [0.5, 0.6) is 0 Å². The summed E-state index contributed by atoms with van der Waals surface area (Å²) in [5.74, 6) is -0.253. The van der Waals surface area contributed by atoms with Gasteiger partial charge < -0.3 is 0 Å². The van der Waals surface area contributed by atoms with Crippen LogP contribution in [0, 0.1) is 12.7 Å². The topological polar surface area (TPSA) is 12.9 Å². The molecular weight excluding hydrogens is 424 g/mol. The van der Waals surface area contributed by atoms with Gasteiger partial charge in [0.05, 0.1) is 0 Å². The molecule has 0 amide bonds. The second-order valence-electron chi connectivity index (χ2n) is 7.51. The number of aryl methyl sites for hydroxylation is 1. The predicted molar refractivity (Wildman–Crippen MR) is 121 cm³/mol. The fraction of sp³-hybridized carbons (Fsp3) is 0.0385. The van der Waals surface area contributed by atoms with Gasteiger partial charge in [0.2, 0.25) is 0 Å². The number of rotatable bonds is 1. The Bertz CT molecular complexity index is 1580. The summed E-state index contributed by atoms with van der Waals surface area (Å²) in [7, 11) is 0. The first-order valence-corrected chi connectivity index (χ1v) is 11.3. The van der Waals surface area contributed by atoms with Gasteiger partial charge in [-0.3, -0.25) is 0 Å². The molecule has 138 valence electrons. The van der Waals surface area contributed by atoms with E-state index in [0.29, 0.717) is 5.52 Å². The van der Waals surface area contributed by atoms with Gasteiger partial charge in [0.1, 0.15) is 0 Å². The molecule has 0 aliphatic carbocycles. The van der Waals surface area contributed by atoms with Crippen molar-refractivity contribution >= 4 is 55.5 Å². The molecule has 29 heavy (non-hydrogen) atoms. The van der Waals surface area contributed by atoms with Crippen LogP contribution in [0.25, 0.3) is 52.2 Å². The zero-order valence-corrected chi connectivity index (χ0v) is 17.5. The number of hydrogen-bond donors (Lipinski definition) is 0. The molecule has 0 aliphatic rings. The Morgan fingerprint density at radius 1 is 0.724 bits per heavy atom. The number of fused-ring (bicyclic) bond motifs is 6. The van der Waals surface area contributed by atoms with Crippen molar-refractivity contribution in [1.82, 2.24) is 4.98 Å². The van der Waals surface area contributed by atoms with Crippen LogP contribution < -0.4 is 0 Å². The molecule has 2 aromatic heterocycles. The van der Waals surface area contributed by atoms with Gasteiger partial charge in [0.15, 0.2) is 0 Å². The van der Waals surface area contributed by atoms with E-state index in [1.54, 1.807) is 6.07 Å². The van der Waals surface area contributed by atoms with Gasteiger partial charge in [-0.2, -0.15) is 0 Å². The van der Waals surface area contributed by atoms with Crippen molar-refractivity contribution in [3.8, 4) is 11.3 Å². The second-order valence-corrected chi connectivity index (χ2v) is 9.78. The minimum atomic E-state index is -0.253. The summed E-state index contributed by atoms with van der Waals surface area (Å²) in [5.41, 5.74) is 3.95. The van der Waals surface area contributed by atoms with E-state index in [1.807, 2.05) is 12.1 Å². The summed E-state index contributed by atoms with van der Waals surface area (Å²) < 4.78 is 16.4. The van der Waals surface area contributed by atoms with Crippen LogP contribution in [-0.2, 0) is 0 Å². The standard InChI is InChI=1S/C26H16FNSe/c1-15-2-8-20-17(12-15)6-11-24-26(20)21-9-4-18(13-25(21)29-24)22-10-5-16-3-7-19(27)14-23(16)28-22/h2-14H,1H3. The van der Waals surface area contributed by atoms with E-state index in [0.717, 1.165) is 16.6 Å². The number of hydrogen-bond acceptors (Lipinski definition) is 1. The van der Waals surface area contributed by atoms with E-state index >= 15 is 0 Å². The SMILES string of the molecule is Cc1ccc2c(ccc3[se]c4cc(-c5ccc6ccc(F)cc6n5)ccc4c32)c1. The van der Waals surface area contributed by atoms with Crippen LogP contribution in [-0.4, -0.2) is 19.5 Å². The van der Waals surface area contributed by atoms with Gasteiger partial charge in [-0.25, -0.2) is 0 Å². The first-order valence-electron chi connectivity index (χ1n) is 9.58. The number of aromatic nitrogens is 1. The van der Waals surface area contributed by atoms with Gasteiger partial charge in [-0.15, -0.1) is 0 Å². The van der Waals surface area contributed by atoms with Crippen molar-refractivity contribution in [3.05, 3.63) is 90.2 Å². The molecule has 0 aliphatic heterocycles. The van der Waals surface area contributed by atoms with E-state index in [4.69, 9.17) is 4.98 Å². The normalized spacial score (nSPS) is 11.8. The molecule has 2 heterocycles. The van der Waals surface area contributed by atoms with Gasteiger partial charge >= 0.3 is 173 Å². The van der Waals surface area contributed by atoms with E-state index < -0.39 is 0 Å². The molecule has 0 bridgehead atoms. The Kier molecular flexibility index (Phi) is 3.64. The molecule has 6 aromatic rings. The van der Waals surface area contributed by atoms with E-state index in [2.05, 4.69) is 55.5 Å². The molecule has 4 aromatic carbocycles. The van der Waals surface area contributed by atoms with Gasteiger partial charge in [0, 0.05) is 0 Å². The third-order valence-corrected chi connectivity index (χ3v) is 7.90. The molecule has 0 fully saturated rings. The fourth-order valence-electron chi connectivity index (χ4n) is 4.13. The molecule has 0 spiro atoms. The maximum absolute atomic E-state index is 13.6. The van der Waals surface area contributed by atoms with Gasteiger partial charge in [-0.05, 0) is 0 Å². The Labute approximate surface area is 173 Å². The number of benzene rings is 4. The Morgan fingerprint density at radius 3 is 2.48 bits per heavy atom. The molecular formula is C26H16FNSe. The number of pyridine rings is 1. The number of nitrogens with zero attached hydrogens (tertiary/aromatic N) is 1. The van der Waals surface area contributed by atoms with Crippen LogP contribution in [0.1, 0.15) is 5.56 Å². The minimum absolute atomic E-state index is 0.253. The van der Waals surface area contributed by atoms with E-state index in [-0.39, 0.29) is 20.3 Å².